The summed E-state index contributed by atoms with van der Waals surface area (Å²) in [5.74, 6) is -5.55. The van der Waals surface area contributed by atoms with Crippen molar-refractivity contribution in [1.29, 1.82) is 0 Å². The number of carboxylic acids is 1. The van der Waals surface area contributed by atoms with Crippen molar-refractivity contribution in [2.75, 3.05) is 6.61 Å². The molecule has 12 atom stereocenters. The molecule has 2 aromatic carbocycles. The third-order valence-electron chi connectivity index (χ3n) is 11.3. The zero-order chi connectivity index (χ0) is 43.9. The van der Waals surface area contributed by atoms with E-state index in [1.165, 1.54) is 18.3 Å². The third kappa shape index (κ3) is 6.40. The van der Waals surface area contributed by atoms with Crippen LogP contribution in [0.15, 0.2) is 69.6 Å². The number of ether oxygens (including phenoxy) is 4. The Labute approximate surface area is 342 Å². The fourth-order valence-corrected chi connectivity index (χ4v) is 8.00. The number of aromatic hydroxyl groups is 3. The van der Waals surface area contributed by atoms with Gasteiger partial charge < -0.3 is 90.6 Å². The smallest absolute Gasteiger partial charge is 0.351 e. The molecule has 2 bridgehead atoms. The molecule has 21 heteroatoms. The van der Waals surface area contributed by atoms with Crippen LogP contribution in [-0.2, 0) is 30.2 Å². The summed E-state index contributed by atoms with van der Waals surface area (Å²) >= 11 is 0. The third-order valence-corrected chi connectivity index (χ3v) is 11.3. The second-order valence-corrected chi connectivity index (χ2v) is 15.0. The van der Waals surface area contributed by atoms with Gasteiger partial charge in [0.15, 0.2) is 23.0 Å². The zero-order valence-corrected chi connectivity index (χ0v) is 31.3. The van der Waals surface area contributed by atoms with Crippen molar-refractivity contribution >= 4 is 22.9 Å². The molecule has 322 valence electrons. The van der Waals surface area contributed by atoms with Crippen LogP contribution in [0.1, 0.15) is 23.5 Å². The van der Waals surface area contributed by atoms with Crippen LogP contribution in [0.4, 0.5) is 0 Å². The molecular weight excluding hydrogens is 812 g/mol. The van der Waals surface area contributed by atoms with Crippen molar-refractivity contribution < 1.29 is 89.1 Å². The number of allylic oxidation sites excluding steroid dienone is 3. The summed E-state index contributed by atoms with van der Waals surface area (Å²) < 4.78 is 29.2. The first-order valence-electron chi connectivity index (χ1n) is 18.6. The zero-order valence-electron chi connectivity index (χ0n) is 31.3. The van der Waals surface area contributed by atoms with Gasteiger partial charge in [0.05, 0.1) is 12.6 Å². The number of hydrogen-bond acceptors (Lipinski definition) is 20. The molecule has 0 radical (unpaired) electrons. The Morgan fingerprint density at radius 3 is 2.38 bits per heavy atom. The summed E-state index contributed by atoms with van der Waals surface area (Å²) in [5, 5.41) is 121. The van der Waals surface area contributed by atoms with Gasteiger partial charge in [-0.05, 0) is 36.3 Å². The van der Waals surface area contributed by atoms with Gasteiger partial charge in [0.25, 0.3) is 11.4 Å². The van der Waals surface area contributed by atoms with E-state index < -0.39 is 125 Å². The predicted octanol–water partition coefficient (Wildman–Crippen LogP) is -2.77. The Morgan fingerprint density at radius 2 is 1.69 bits per heavy atom. The number of fused-ring (bicyclic) bond motifs is 4. The van der Waals surface area contributed by atoms with Crippen LogP contribution in [0.2, 0.25) is 0 Å². The van der Waals surface area contributed by atoms with Crippen molar-refractivity contribution in [3.05, 3.63) is 81.7 Å². The minimum absolute atomic E-state index is 0.0669. The van der Waals surface area contributed by atoms with Crippen LogP contribution in [0.3, 0.4) is 0 Å². The van der Waals surface area contributed by atoms with Gasteiger partial charge in [0.2, 0.25) is 11.9 Å². The highest BCUT2D eigenvalue weighted by Gasteiger charge is 2.67. The monoisotopic (exact) mass is 850 g/mol. The van der Waals surface area contributed by atoms with E-state index in [9.17, 15) is 70.6 Å². The second-order valence-electron chi connectivity index (χ2n) is 15.0. The number of benzene rings is 2. The molecule has 1 aromatic heterocycles. The van der Waals surface area contributed by atoms with E-state index in [0.717, 1.165) is 24.3 Å². The number of carboxylic acid groups (broad SMARTS) is 1. The van der Waals surface area contributed by atoms with Gasteiger partial charge in [-0.15, -0.1) is 0 Å². The highest BCUT2D eigenvalue weighted by Crippen LogP contribution is 2.51. The van der Waals surface area contributed by atoms with Crippen LogP contribution in [0.25, 0.3) is 22.3 Å². The molecule has 61 heavy (non-hydrogen) atoms. The summed E-state index contributed by atoms with van der Waals surface area (Å²) in [6.07, 6.45) is -11.3. The highest BCUT2D eigenvalue weighted by molar-refractivity contribution is 5.89. The first-order valence-corrected chi connectivity index (χ1v) is 18.6. The standard InChI is InChI=1S/C40H38N2O19/c41-24-3-2-16(14-42-24)18-4-8-40(59-23-13-22-26(28(47)25(18)23)19(44)12-21(57-22)17-10-15(5-9-43)27(46)20(45)11-17)34(53)31(50)33(52)39(61-40)7-1-6-38(36(54)55)32(51)29(48)30(49)35(60-38)58-37(39)56/h2-4,8,10-14,18,24,29-35,42-43,45-53H,5,7,9,41H2,(H,54,55). The van der Waals surface area contributed by atoms with E-state index in [2.05, 4.69) is 17.2 Å². The number of aliphatic hydroxyl groups excluding tert-OH is 7. The molecule has 21 nitrogen and oxygen atoms in total. The van der Waals surface area contributed by atoms with E-state index in [0.29, 0.717) is 5.57 Å². The van der Waals surface area contributed by atoms with Crippen molar-refractivity contribution in [2.24, 2.45) is 5.73 Å². The maximum absolute atomic E-state index is 14.2. The Kier molecular flexibility index (Phi) is 10.2. The lowest BCUT2D eigenvalue weighted by Crippen LogP contribution is -2.74. The minimum atomic E-state index is -2.99. The number of aliphatic hydroxyl groups is 7. The topological polar surface area (TPSA) is 362 Å². The molecule has 2 fully saturated rings. The molecule has 5 aliphatic rings. The molecule has 3 aromatic rings. The van der Waals surface area contributed by atoms with Gasteiger partial charge in [-0.1, -0.05) is 24.0 Å². The molecule has 2 spiro atoms. The summed E-state index contributed by atoms with van der Waals surface area (Å²) in [6.45, 7) is -0.406. The van der Waals surface area contributed by atoms with Gasteiger partial charge in [-0.3, -0.25) is 4.79 Å². The van der Waals surface area contributed by atoms with Crippen LogP contribution in [0.5, 0.6) is 23.0 Å². The Morgan fingerprint density at radius 1 is 0.934 bits per heavy atom. The molecule has 8 rings (SSSR count). The Bertz CT molecular complexity index is 2560. The largest absolute Gasteiger partial charge is 0.507 e. The Balaban J connectivity index is 1.31. The average molecular weight is 851 g/mol. The maximum Gasteiger partial charge on any atom is 0.351 e. The SMILES string of the molecule is NC1C=CC(C2C=CC3(Oc4cc5oc(-c6cc(O)c(O)c(CCO)c6)cc(=O)c5c(O)c42)OC2(CC#CC4(C(=O)O)OC(OC2=O)C(O)C(O)C4O)C(O)C(O)C3O)=CN1. The normalized spacial score (nSPS) is 35.3. The average Bonchev–Trinajstić information content (AvgIpc) is 3.35. The van der Waals surface area contributed by atoms with Crippen molar-refractivity contribution in [3.8, 4) is 46.2 Å². The number of carbonyl (C=O) groups excluding carboxylic acids is 1. The molecule has 12 unspecified atom stereocenters. The highest BCUT2D eigenvalue weighted by atomic mass is 16.8. The van der Waals surface area contributed by atoms with Gasteiger partial charge in [-0.2, -0.15) is 0 Å². The number of aliphatic carboxylic acids is 1. The molecule has 6 heterocycles. The van der Waals surface area contributed by atoms with E-state index in [4.69, 9.17) is 29.1 Å². The number of nitrogens with one attached hydrogen (secondary N) is 1. The lowest BCUT2D eigenvalue weighted by atomic mass is 9.80. The van der Waals surface area contributed by atoms with Crippen LogP contribution in [-0.4, -0.2) is 141 Å². The number of phenolic OH excluding ortho intramolecular Hbond substituents is 3. The predicted molar refractivity (Wildman–Crippen MR) is 201 cm³/mol. The van der Waals surface area contributed by atoms with Gasteiger partial charge in [0.1, 0.15) is 58.7 Å². The first kappa shape index (κ1) is 41.7. The molecular formula is C40H38N2O19. The summed E-state index contributed by atoms with van der Waals surface area (Å²) in [5.41, 5.74) is -0.738. The maximum atomic E-state index is 14.2. The quantitative estimate of drug-likeness (QED) is 0.0535. The van der Waals surface area contributed by atoms with Gasteiger partial charge in [0, 0.05) is 47.5 Å². The number of nitrogens with two attached hydrogens (primary N) is 1. The minimum Gasteiger partial charge on any atom is -0.507 e. The lowest BCUT2D eigenvalue weighted by Gasteiger charge is -2.51. The van der Waals surface area contributed by atoms with Crippen molar-refractivity contribution in [2.45, 2.75) is 84.8 Å². The van der Waals surface area contributed by atoms with E-state index in [1.807, 2.05) is 0 Å². The number of rotatable bonds is 5. The molecule has 2 saturated heterocycles. The number of esters is 1. The fourth-order valence-electron chi connectivity index (χ4n) is 8.00. The Hall–Kier alpha value is -6.03. The molecule has 0 amide bonds. The summed E-state index contributed by atoms with van der Waals surface area (Å²) in [6, 6.07) is 4.56. The van der Waals surface area contributed by atoms with Gasteiger partial charge in [-0.25, -0.2) is 9.59 Å². The van der Waals surface area contributed by atoms with Crippen molar-refractivity contribution in [1.82, 2.24) is 5.32 Å². The number of dihydropyridines is 1. The first-order chi connectivity index (χ1) is 28.9. The molecule has 5 aliphatic heterocycles. The second kappa shape index (κ2) is 14.9. The number of hydrogen-bond donors (Lipinski definition) is 13. The van der Waals surface area contributed by atoms with Crippen LogP contribution < -0.4 is 21.2 Å². The van der Waals surface area contributed by atoms with E-state index >= 15 is 0 Å². The van der Waals surface area contributed by atoms with Crippen LogP contribution in [0, 0.1) is 11.8 Å². The van der Waals surface area contributed by atoms with Gasteiger partial charge >= 0.3 is 11.9 Å². The van der Waals surface area contributed by atoms with Crippen molar-refractivity contribution in [3.63, 3.8) is 0 Å². The summed E-state index contributed by atoms with van der Waals surface area (Å²) in [4.78, 5) is 40.5. The van der Waals surface area contributed by atoms with E-state index in [1.54, 1.807) is 12.2 Å². The van der Waals surface area contributed by atoms with Crippen LogP contribution >= 0.6 is 0 Å². The molecule has 14 N–H and O–H groups in total. The number of carbonyl (C=O) groups is 2. The fraction of sp³-hybridized carbons (Fsp3) is 0.375. The molecule has 0 saturated carbocycles. The lowest BCUT2D eigenvalue weighted by molar-refractivity contribution is -0.350. The van der Waals surface area contributed by atoms with E-state index in [-0.39, 0.29) is 39.8 Å². The summed E-state index contributed by atoms with van der Waals surface area (Å²) in [7, 11) is 0. The number of phenols is 3. The molecule has 0 aliphatic carbocycles.